The molecule has 1 saturated carbocycles. The van der Waals surface area contributed by atoms with E-state index >= 15 is 0 Å². The van der Waals surface area contributed by atoms with Crippen LogP contribution in [0.3, 0.4) is 0 Å². The molecule has 0 aromatic heterocycles. The molecule has 1 aliphatic carbocycles. The number of hydrogen-bond acceptors (Lipinski definition) is 1. The van der Waals surface area contributed by atoms with E-state index in [0.717, 1.165) is 3.92 Å². The fourth-order valence-corrected chi connectivity index (χ4v) is 3.00. The van der Waals surface area contributed by atoms with Crippen LogP contribution in [0.1, 0.15) is 47.5 Å². The molecule has 0 bridgehead atoms. The highest BCUT2D eigenvalue weighted by Crippen LogP contribution is 2.35. The summed E-state index contributed by atoms with van der Waals surface area (Å²) in [6.07, 6.45) is 5.04. The number of carbonyl (C=O) groups is 1. The molecule has 1 aromatic rings. The maximum absolute atomic E-state index is 10.7. The Bertz CT molecular complexity index is 364. The van der Waals surface area contributed by atoms with Crippen molar-refractivity contribution in [1.29, 1.82) is 0 Å². The van der Waals surface area contributed by atoms with Crippen LogP contribution in [0.2, 0.25) is 0 Å². The molecule has 3 heteroatoms. The Morgan fingerprint density at radius 2 is 1.69 bits per heavy atom. The summed E-state index contributed by atoms with van der Waals surface area (Å²) in [6, 6.07) is 7.38. The third kappa shape index (κ3) is 2.75. The molecule has 0 aliphatic heterocycles. The molecule has 2 rings (SSSR count). The van der Waals surface area contributed by atoms with E-state index in [1.807, 2.05) is 12.1 Å². The van der Waals surface area contributed by atoms with Gasteiger partial charge < -0.3 is 5.11 Å². The highest BCUT2D eigenvalue weighted by molar-refractivity contribution is 14.1. The van der Waals surface area contributed by atoms with E-state index in [9.17, 15) is 4.79 Å². The lowest BCUT2D eigenvalue weighted by molar-refractivity contribution is 0.0697. The van der Waals surface area contributed by atoms with E-state index < -0.39 is 5.97 Å². The fraction of sp³-hybridized carbons (Fsp3) is 0.462. The van der Waals surface area contributed by atoms with Crippen LogP contribution >= 0.6 is 22.6 Å². The monoisotopic (exact) mass is 330 g/mol. The van der Waals surface area contributed by atoms with Crippen LogP contribution in [-0.2, 0) is 0 Å². The molecule has 86 valence electrons. The van der Waals surface area contributed by atoms with Gasteiger partial charge in [0.25, 0.3) is 0 Å². The Kier molecular flexibility index (Phi) is 3.84. The van der Waals surface area contributed by atoms with Crippen molar-refractivity contribution < 1.29 is 9.90 Å². The van der Waals surface area contributed by atoms with Gasteiger partial charge in [-0.1, -0.05) is 34.7 Å². The van der Waals surface area contributed by atoms with E-state index in [2.05, 4.69) is 22.6 Å². The highest BCUT2D eigenvalue weighted by Gasteiger charge is 2.20. The first-order valence-electron chi connectivity index (χ1n) is 5.64. The zero-order valence-corrected chi connectivity index (χ0v) is 11.2. The maximum atomic E-state index is 10.7. The van der Waals surface area contributed by atoms with Gasteiger partial charge >= 0.3 is 5.97 Å². The third-order valence-corrected chi connectivity index (χ3v) is 4.53. The minimum absolute atomic E-state index is 0.381. The summed E-state index contributed by atoms with van der Waals surface area (Å²) < 4.78 is 0.826. The number of aromatic carboxylic acids is 1. The summed E-state index contributed by atoms with van der Waals surface area (Å²) in [5, 5.41) is 8.82. The van der Waals surface area contributed by atoms with Crippen LogP contribution in [-0.4, -0.2) is 15.0 Å². The summed E-state index contributed by atoms with van der Waals surface area (Å²) >= 11 is 2.52. The van der Waals surface area contributed by atoms with Crippen molar-refractivity contribution in [3.63, 3.8) is 0 Å². The largest absolute Gasteiger partial charge is 0.478 e. The van der Waals surface area contributed by atoms with Gasteiger partial charge in [-0.25, -0.2) is 4.79 Å². The van der Waals surface area contributed by atoms with Gasteiger partial charge in [-0.2, -0.15) is 0 Å². The molecule has 0 atom stereocenters. The van der Waals surface area contributed by atoms with Crippen molar-refractivity contribution in [1.82, 2.24) is 0 Å². The molecule has 0 saturated heterocycles. The van der Waals surface area contributed by atoms with Crippen molar-refractivity contribution in [3.8, 4) is 0 Å². The summed E-state index contributed by atoms with van der Waals surface area (Å²) in [5.74, 6) is -0.212. The van der Waals surface area contributed by atoms with Gasteiger partial charge in [-0.05, 0) is 49.3 Å². The number of rotatable bonds is 2. The molecule has 16 heavy (non-hydrogen) atoms. The SMILES string of the molecule is O=C(O)c1ccc(C2CCC(I)CC2)cc1. The molecule has 2 nitrogen and oxygen atoms in total. The quantitative estimate of drug-likeness (QED) is 0.661. The summed E-state index contributed by atoms with van der Waals surface area (Å²) in [7, 11) is 0. The number of halogens is 1. The number of benzene rings is 1. The first kappa shape index (κ1) is 11.9. The molecule has 0 radical (unpaired) electrons. The molecule has 0 heterocycles. The predicted molar refractivity (Wildman–Crippen MR) is 72.4 cm³/mol. The summed E-state index contributed by atoms with van der Waals surface area (Å²) in [5.41, 5.74) is 1.68. The molecule has 1 aromatic carbocycles. The highest BCUT2D eigenvalue weighted by atomic mass is 127. The molecule has 1 N–H and O–H groups in total. The van der Waals surface area contributed by atoms with E-state index in [4.69, 9.17) is 5.11 Å². The van der Waals surface area contributed by atoms with E-state index in [1.54, 1.807) is 12.1 Å². The fourth-order valence-electron chi connectivity index (χ4n) is 2.28. The number of hydrogen-bond donors (Lipinski definition) is 1. The molecule has 1 aliphatic rings. The molecular formula is C13H15IO2. The second-order valence-electron chi connectivity index (χ2n) is 4.38. The van der Waals surface area contributed by atoms with Gasteiger partial charge in [0.15, 0.2) is 0 Å². The summed E-state index contributed by atoms with van der Waals surface area (Å²) in [4.78, 5) is 10.7. The Hall–Kier alpha value is -0.580. The van der Waals surface area contributed by atoms with Crippen LogP contribution in [0.25, 0.3) is 0 Å². The van der Waals surface area contributed by atoms with Crippen LogP contribution < -0.4 is 0 Å². The maximum Gasteiger partial charge on any atom is 0.335 e. The Labute approximate surface area is 109 Å². The van der Waals surface area contributed by atoms with Crippen molar-refractivity contribution in [3.05, 3.63) is 35.4 Å². The number of carboxylic acids is 1. The van der Waals surface area contributed by atoms with Gasteiger partial charge in [-0.15, -0.1) is 0 Å². The van der Waals surface area contributed by atoms with Gasteiger partial charge in [0, 0.05) is 3.92 Å². The van der Waals surface area contributed by atoms with Crippen molar-refractivity contribution in [2.45, 2.75) is 35.5 Å². The minimum atomic E-state index is -0.845. The second kappa shape index (κ2) is 5.17. The third-order valence-electron chi connectivity index (χ3n) is 3.29. The average Bonchev–Trinajstić information content (AvgIpc) is 2.30. The molecule has 0 amide bonds. The first-order valence-corrected chi connectivity index (χ1v) is 6.88. The van der Waals surface area contributed by atoms with E-state index in [-0.39, 0.29) is 0 Å². The minimum Gasteiger partial charge on any atom is -0.478 e. The van der Waals surface area contributed by atoms with Gasteiger partial charge in [0.1, 0.15) is 0 Å². The Balaban J connectivity index is 2.07. The zero-order valence-electron chi connectivity index (χ0n) is 9.03. The van der Waals surface area contributed by atoms with Gasteiger partial charge in [0.05, 0.1) is 5.56 Å². The zero-order chi connectivity index (χ0) is 11.5. The van der Waals surface area contributed by atoms with E-state index in [0.29, 0.717) is 11.5 Å². The van der Waals surface area contributed by atoms with Crippen LogP contribution in [0.4, 0.5) is 0 Å². The second-order valence-corrected chi connectivity index (χ2v) is 6.14. The lowest BCUT2D eigenvalue weighted by Crippen LogP contribution is -2.12. The van der Waals surface area contributed by atoms with Gasteiger partial charge in [0.2, 0.25) is 0 Å². The average molecular weight is 330 g/mol. The molecule has 0 unspecified atom stereocenters. The smallest absolute Gasteiger partial charge is 0.335 e. The van der Waals surface area contributed by atoms with Crippen molar-refractivity contribution in [2.24, 2.45) is 0 Å². The predicted octanol–water partition coefficient (Wildman–Crippen LogP) is 3.85. The Morgan fingerprint density at radius 1 is 1.12 bits per heavy atom. The number of carboxylic acid groups (broad SMARTS) is 1. The van der Waals surface area contributed by atoms with Crippen LogP contribution in [0.15, 0.2) is 24.3 Å². The van der Waals surface area contributed by atoms with E-state index in [1.165, 1.54) is 31.2 Å². The lowest BCUT2D eigenvalue weighted by atomic mass is 9.84. The lowest BCUT2D eigenvalue weighted by Gasteiger charge is -2.25. The van der Waals surface area contributed by atoms with Crippen LogP contribution in [0, 0.1) is 0 Å². The van der Waals surface area contributed by atoms with Crippen LogP contribution in [0.5, 0.6) is 0 Å². The number of alkyl halides is 1. The van der Waals surface area contributed by atoms with Crippen molar-refractivity contribution in [2.75, 3.05) is 0 Å². The van der Waals surface area contributed by atoms with Gasteiger partial charge in [-0.3, -0.25) is 0 Å². The first-order chi connectivity index (χ1) is 7.66. The molecule has 0 spiro atoms. The molecule has 1 fully saturated rings. The standard InChI is InChI=1S/C13H15IO2/c14-12-7-5-10(6-8-12)9-1-3-11(4-2-9)13(15)16/h1-4,10,12H,5-8H2,(H,15,16). The topological polar surface area (TPSA) is 37.3 Å². The summed E-state index contributed by atoms with van der Waals surface area (Å²) in [6.45, 7) is 0. The van der Waals surface area contributed by atoms with Crippen molar-refractivity contribution >= 4 is 28.6 Å². The molecular weight excluding hydrogens is 315 g/mol. The Morgan fingerprint density at radius 3 is 2.19 bits per heavy atom. The normalized spacial score (nSPS) is 25.3.